The van der Waals surface area contributed by atoms with E-state index in [2.05, 4.69) is 29.2 Å². The SMILES string of the molecule is CN(C)CC1CCCN1C(=O)CCC1CCCN1. The largest absolute Gasteiger partial charge is 0.338 e. The molecule has 2 atom stereocenters. The minimum Gasteiger partial charge on any atom is -0.338 e. The molecule has 2 aliphatic rings. The van der Waals surface area contributed by atoms with Gasteiger partial charge in [-0.15, -0.1) is 0 Å². The van der Waals surface area contributed by atoms with Gasteiger partial charge in [0.05, 0.1) is 0 Å². The number of hydrogen-bond donors (Lipinski definition) is 1. The summed E-state index contributed by atoms with van der Waals surface area (Å²) in [7, 11) is 4.17. The number of rotatable bonds is 5. The number of hydrogen-bond acceptors (Lipinski definition) is 3. The quantitative estimate of drug-likeness (QED) is 0.796. The summed E-state index contributed by atoms with van der Waals surface area (Å²) in [6.07, 6.45) is 6.60. The molecule has 2 aliphatic heterocycles. The molecule has 0 aromatic heterocycles. The number of nitrogens with one attached hydrogen (secondary N) is 1. The number of likely N-dealkylation sites (N-methyl/N-ethyl adjacent to an activating group) is 1. The van der Waals surface area contributed by atoms with Crippen LogP contribution >= 0.6 is 0 Å². The van der Waals surface area contributed by atoms with E-state index in [1.165, 1.54) is 25.7 Å². The van der Waals surface area contributed by atoms with Crippen molar-refractivity contribution in [1.29, 1.82) is 0 Å². The van der Waals surface area contributed by atoms with Crippen LogP contribution in [0.15, 0.2) is 0 Å². The van der Waals surface area contributed by atoms with Gasteiger partial charge in [-0.05, 0) is 52.7 Å². The van der Waals surface area contributed by atoms with Crippen molar-refractivity contribution in [3.8, 4) is 0 Å². The molecule has 4 nitrogen and oxygen atoms in total. The zero-order valence-corrected chi connectivity index (χ0v) is 11.8. The van der Waals surface area contributed by atoms with Crippen molar-refractivity contribution in [3.05, 3.63) is 0 Å². The first-order chi connectivity index (χ1) is 8.66. The molecule has 2 unspecified atom stereocenters. The van der Waals surface area contributed by atoms with E-state index in [0.717, 1.165) is 32.5 Å². The molecule has 0 aromatic rings. The van der Waals surface area contributed by atoms with E-state index in [4.69, 9.17) is 0 Å². The van der Waals surface area contributed by atoms with Crippen LogP contribution in [0.2, 0.25) is 0 Å². The minimum atomic E-state index is 0.369. The van der Waals surface area contributed by atoms with Crippen molar-refractivity contribution in [2.24, 2.45) is 0 Å². The first-order valence-electron chi connectivity index (χ1n) is 7.34. The van der Waals surface area contributed by atoms with Gasteiger partial charge >= 0.3 is 0 Å². The summed E-state index contributed by atoms with van der Waals surface area (Å²) in [5.41, 5.74) is 0. The Kier molecular flexibility index (Phi) is 5.01. The Hall–Kier alpha value is -0.610. The van der Waals surface area contributed by atoms with Crippen LogP contribution in [0.25, 0.3) is 0 Å². The third-order valence-corrected chi connectivity index (χ3v) is 4.14. The highest BCUT2D eigenvalue weighted by molar-refractivity contribution is 5.76. The van der Waals surface area contributed by atoms with Gasteiger partial charge < -0.3 is 15.1 Å². The molecule has 18 heavy (non-hydrogen) atoms. The van der Waals surface area contributed by atoms with Crippen molar-refractivity contribution >= 4 is 5.91 Å². The lowest BCUT2D eigenvalue weighted by atomic mass is 10.1. The monoisotopic (exact) mass is 253 g/mol. The minimum absolute atomic E-state index is 0.369. The molecule has 2 rings (SSSR count). The molecule has 2 fully saturated rings. The Bertz CT molecular complexity index is 274. The molecule has 1 N–H and O–H groups in total. The zero-order chi connectivity index (χ0) is 13.0. The van der Waals surface area contributed by atoms with Crippen molar-refractivity contribution in [3.63, 3.8) is 0 Å². The first-order valence-corrected chi connectivity index (χ1v) is 7.34. The van der Waals surface area contributed by atoms with Crippen LogP contribution in [0.4, 0.5) is 0 Å². The highest BCUT2D eigenvalue weighted by Crippen LogP contribution is 2.20. The summed E-state index contributed by atoms with van der Waals surface area (Å²) in [5, 5.41) is 3.47. The molecule has 0 aromatic carbocycles. The first kappa shape index (κ1) is 13.8. The average Bonchev–Trinajstić information content (AvgIpc) is 2.95. The Morgan fingerprint density at radius 2 is 2.17 bits per heavy atom. The molecule has 2 saturated heterocycles. The molecule has 0 saturated carbocycles. The van der Waals surface area contributed by atoms with Crippen LogP contribution in [-0.2, 0) is 4.79 Å². The van der Waals surface area contributed by atoms with Crippen LogP contribution in [0, 0.1) is 0 Å². The van der Waals surface area contributed by atoms with Crippen molar-refractivity contribution in [2.45, 2.75) is 50.6 Å². The molecular formula is C14H27N3O. The standard InChI is InChI=1S/C14H27N3O/c1-16(2)11-13-6-4-10-17(13)14(18)8-7-12-5-3-9-15-12/h12-13,15H,3-11H2,1-2H3. The van der Waals surface area contributed by atoms with E-state index in [-0.39, 0.29) is 0 Å². The fourth-order valence-electron chi connectivity index (χ4n) is 3.22. The van der Waals surface area contributed by atoms with Gasteiger partial charge in [0.15, 0.2) is 0 Å². The molecule has 104 valence electrons. The van der Waals surface area contributed by atoms with Crippen molar-refractivity contribution in [2.75, 3.05) is 33.7 Å². The number of carbonyl (C=O) groups is 1. The molecule has 0 aliphatic carbocycles. The van der Waals surface area contributed by atoms with E-state index < -0.39 is 0 Å². The predicted molar refractivity (Wildman–Crippen MR) is 73.5 cm³/mol. The third-order valence-electron chi connectivity index (χ3n) is 4.14. The Morgan fingerprint density at radius 1 is 1.33 bits per heavy atom. The molecule has 0 bridgehead atoms. The van der Waals surface area contributed by atoms with E-state index in [0.29, 0.717) is 18.0 Å². The van der Waals surface area contributed by atoms with Crippen LogP contribution in [0.5, 0.6) is 0 Å². The molecule has 0 spiro atoms. The highest BCUT2D eigenvalue weighted by Gasteiger charge is 2.29. The summed E-state index contributed by atoms with van der Waals surface area (Å²) in [4.78, 5) is 16.6. The Balaban J connectivity index is 1.76. The van der Waals surface area contributed by atoms with Gasteiger partial charge in [0.2, 0.25) is 5.91 Å². The van der Waals surface area contributed by atoms with Crippen molar-refractivity contribution < 1.29 is 4.79 Å². The lowest BCUT2D eigenvalue weighted by Crippen LogP contribution is -2.41. The maximum absolute atomic E-state index is 12.3. The molecule has 4 heteroatoms. The van der Waals surface area contributed by atoms with Gasteiger partial charge in [0, 0.05) is 31.6 Å². The maximum atomic E-state index is 12.3. The van der Waals surface area contributed by atoms with Crippen LogP contribution in [0.3, 0.4) is 0 Å². The second-order valence-electron chi connectivity index (χ2n) is 5.98. The second-order valence-corrected chi connectivity index (χ2v) is 5.98. The molecular weight excluding hydrogens is 226 g/mol. The van der Waals surface area contributed by atoms with Gasteiger partial charge in [-0.3, -0.25) is 4.79 Å². The van der Waals surface area contributed by atoms with E-state index >= 15 is 0 Å². The highest BCUT2D eigenvalue weighted by atomic mass is 16.2. The Labute approximate surface area is 111 Å². The fraction of sp³-hybridized carbons (Fsp3) is 0.929. The third kappa shape index (κ3) is 3.69. The van der Waals surface area contributed by atoms with E-state index in [1.807, 2.05) is 0 Å². The number of carbonyl (C=O) groups excluding carboxylic acids is 1. The van der Waals surface area contributed by atoms with Gasteiger partial charge in [-0.1, -0.05) is 0 Å². The fourth-order valence-corrected chi connectivity index (χ4v) is 3.22. The van der Waals surface area contributed by atoms with Crippen LogP contribution in [0.1, 0.15) is 38.5 Å². The maximum Gasteiger partial charge on any atom is 0.222 e. The molecule has 2 heterocycles. The normalized spacial score (nSPS) is 28.3. The summed E-state index contributed by atoms with van der Waals surface area (Å²) >= 11 is 0. The van der Waals surface area contributed by atoms with Gasteiger partial charge in [-0.25, -0.2) is 0 Å². The van der Waals surface area contributed by atoms with E-state index in [9.17, 15) is 4.79 Å². The van der Waals surface area contributed by atoms with Crippen LogP contribution in [-0.4, -0.2) is 61.5 Å². The summed E-state index contributed by atoms with van der Waals surface area (Å²) in [6.45, 7) is 3.11. The van der Waals surface area contributed by atoms with Gasteiger partial charge in [-0.2, -0.15) is 0 Å². The second kappa shape index (κ2) is 6.53. The number of amides is 1. The smallest absolute Gasteiger partial charge is 0.222 e. The lowest BCUT2D eigenvalue weighted by molar-refractivity contribution is -0.132. The van der Waals surface area contributed by atoms with E-state index in [1.54, 1.807) is 0 Å². The zero-order valence-electron chi connectivity index (χ0n) is 11.8. The molecule has 0 radical (unpaired) electrons. The van der Waals surface area contributed by atoms with Crippen molar-refractivity contribution in [1.82, 2.24) is 15.1 Å². The summed E-state index contributed by atoms with van der Waals surface area (Å²) in [5.74, 6) is 0.369. The lowest BCUT2D eigenvalue weighted by Gasteiger charge is -2.27. The van der Waals surface area contributed by atoms with Gasteiger partial charge in [0.25, 0.3) is 0 Å². The summed E-state index contributed by atoms with van der Waals surface area (Å²) in [6, 6.07) is 1.04. The van der Waals surface area contributed by atoms with Gasteiger partial charge in [0.1, 0.15) is 0 Å². The number of nitrogens with zero attached hydrogens (tertiary/aromatic N) is 2. The topological polar surface area (TPSA) is 35.6 Å². The Morgan fingerprint density at radius 3 is 2.83 bits per heavy atom. The number of likely N-dealkylation sites (tertiary alicyclic amines) is 1. The average molecular weight is 253 g/mol. The molecule has 1 amide bonds. The van der Waals surface area contributed by atoms with Crippen LogP contribution < -0.4 is 5.32 Å². The predicted octanol–water partition coefficient (Wildman–Crippen LogP) is 1.07. The summed E-state index contributed by atoms with van der Waals surface area (Å²) < 4.78 is 0.